The zero-order valence-electron chi connectivity index (χ0n) is 34.6. The second-order valence-corrected chi connectivity index (χ2v) is 17.6. The number of benzene rings is 4. The van der Waals surface area contributed by atoms with Crippen LogP contribution in [0.1, 0.15) is 76.9 Å². The average molecular weight is 861 g/mol. The number of fused-ring (bicyclic) bond motifs is 1. The molecule has 3 N–H and O–H groups in total. The van der Waals surface area contributed by atoms with Crippen LogP contribution in [0.15, 0.2) is 120 Å². The molecule has 1 aromatic heterocycles. The summed E-state index contributed by atoms with van der Waals surface area (Å²) < 4.78 is 16.9. The van der Waals surface area contributed by atoms with E-state index >= 15 is 0 Å². The lowest BCUT2D eigenvalue weighted by Crippen LogP contribution is -2.39. The van der Waals surface area contributed by atoms with E-state index in [4.69, 9.17) is 14.2 Å². The third kappa shape index (κ3) is 12.3. The molecule has 0 bridgehead atoms. The van der Waals surface area contributed by atoms with Crippen molar-refractivity contribution in [2.24, 2.45) is 0 Å². The van der Waals surface area contributed by atoms with Gasteiger partial charge in [-0.1, -0.05) is 66.7 Å². The van der Waals surface area contributed by atoms with Crippen molar-refractivity contribution in [1.82, 2.24) is 10.2 Å². The number of thioether (sulfide) groups is 1. The first kappa shape index (κ1) is 44.2. The molecule has 0 saturated carbocycles. The van der Waals surface area contributed by atoms with E-state index in [1.807, 2.05) is 36.4 Å². The van der Waals surface area contributed by atoms with Gasteiger partial charge < -0.3 is 35.1 Å². The summed E-state index contributed by atoms with van der Waals surface area (Å²) in [6, 6.07) is 32.6. The van der Waals surface area contributed by atoms with Crippen LogP contribution in [-0.2, 0) is 38.6 Å². The van der Waals surface area contributed by atoms with Crippen LogP contribution < -0.4 is 20.7 Å². The van der Waals surface area contributed by atoms with Crippen molar-refractivity contribution in [2.45, 2.75) is 69.9 Å². The predicted molar refractivity (Wildman–Crippen MR) is 239 cm³/mol. The highest BCUT2D eigenvalue weighted by atomic mass is 32.2. The molecule has 14 heteroatoms. The first-order chi connectivity index (χ1) is 29.3. The summed E-state index contributed by atoms with van der Waals surface area (Å²) in [5.41, 5.74) is 2.93. The Kier molecular flexibility index (Phi) is 14.7. The summed E-state index contributed by atoms with van der Waals surface area (Å²) in [7, 11) is 0. The number of carbonyl (C=O) groups excluding carboxylic acids is 5. The van der Waals surface area contributed by atoms with Gasteiger partial charge in [-0.3, -0.25) is 14.4 Å². The second kappa shape index (κ2) is 20.3. The second-order valence-electron chi connectivity index (χ2n) is 15.0. The standard InChI is InChI=1S/C47H48N4O8S2/c1-6-57-45(55)40-37-24-25-51(46(56)59-47(3,4)5)28-39(37)61-44(40)50-41(52)30(2)60-36-19-13-18-34(27-36)48-43(54)38(49-42(53)33-16-11-8-12-17-33)26-31-20-22-35(23-21-31)58-29-32-14-9-7-10-15-32/h7-23,26-27,30H,6,24-25,28-29H2,1-5H3,(H,48,54)(H,49,53)(H,50,52)/b38-26+. The fourth-order valence-corrected chi connectivity index (χ4v) is 8.40. The van der Waals surface area contributed by atoms with Gasteiger partial charge in [-0.2, -0.15) is 0 Å². The van der Waals surface area contributed by atoms with E-state index in [0.717, 1.165) is 16.0 Å². The average Bonchev–Trinajstić information content (AvgIpc) is 3.60. The van der Waals surface area contributed by atoms with Gasteiger partial charge in [0.1, 0.15) is 28.7 Å². The molecular formula is C47H48N4O8S2. The van der Waals surface area contributed by atoms with Gasteiger partial charge in [0.15, 0.2) is 0 Å². The van der Waals surface area contributed by atoms with Crippen molar-refractivity contribution < 1.29 is 38.2 Å². The fourth-order valence-electron chi connectivity index (χ4n) is 6.22. The lowest BCUT2D eigenvalue weighted by molar-refractivity contribution is -0.115. The highest BCUT2D eigenvalue weighted by Crippen LogP contribution is 2.39. The lowest BCUT2D eigenvalue weighted by Gasteiger charge is -2.30. The molecule has 0 spiro atoms. The van der Waals surface area contributed by atoms with Crippen LogP contribution >= 0.6 is 23.1 Å². The summed E-state index contributed by atoms with van der Waals surface area (Å²) in [6.07, 6.45) is 1.55. The molecule has 0 aliphatic carbocycles. The Morgan fingerprint density at radius 1 is 0.885 bits per heavy atom. The quantitative estimate of drug-likeness (QED) is 0.0564. The largest absolute Gasteiger partial charge is 0.489 e. The number of rotatable bonds is 14. The van der Waals surface area contributed by atoms with E-state index in [2.05, 4.69) is 16.0 Å². The van der Waals surface area contributed by atoms with Crippen molar-refractivity contribution in [3.63, 3.8) is 0 Å². The van der Waals surface area contributed by atoms with Crippen molar-refractivity contribution in [1.29, 1.82) is 0 Å². The number of hydrogen-bond acceptors (Lipinski definition) is 10. The summed E-state index contributed by atoms with van der Waals surface area (Å²) in [5.74, 6) is -1.24. The predicted octanol–water partition coefficient (Wildman–Crippen LogP) is 9.33. The molecule has 1 aliphatic rings. The van der Waals surface area contributed by atoms with Gasteiger partial charge in [0.25, 0.3) is 11.8 Å². The van der Waals surface area contributed by atoms with Gasteiger partial charge in [0.05, 0.1) is 24.0 Å². The van der Waals surface area contributed by atoms with Crippen LogP contribution in [0.2, 0.25) is 0 Å². The maximum Gasteiger partial charge on any atom is 0.410 e. The molecule has 0 radical (unpaired) electrons. The minimum Gasteiger partial charge on any atom is -0.489 e. The van der Waals surface area contributed by atoms with E-state index < -0.39 is 34.7 Å². The van der Waals surface area contributed by atoms with Gasteiger partial charge in [-0.25, -0.2) is 9.59 Å². The smallest absolute Gasteiger partial charge is 0.410 e. The van der Waals surface area contributed by atoms with E-state index in [-0.39, 0.29) is 24.8 Å². The number of hydrogen-bond donors (Lipinski definition) is 3. The molecular weight excluding hydrogens is 813 g/mol. The number of anilines is 2. The normalized spacial score (nSPS) is 13.0. The van der Waals surface area contributed by atoms with Crippen molar-refractivity contribution >= 4 is 69.6 Å². The summed E-state index contributed by atoms with van der Waals surface area (Å²) in [6.45, 7) is 10.0. The molecule has 0 fully saturated rings. The number of esters is 1. The van der Waals surface area contributed by atoms with Crippen LogP contribution in [-0.4, -0.2) is 58.7 Å². The Morgan fingerprint density at radius 3 is 2.28 bits per heavy atom. The van der Waals surface area contributed by atoms with E-state index in [1.54, 1.807) is 118 Å². The summed E-state index contributed by atoms with van der Waals surface area (Å²) in [5, 5.41) is 8.33. The van der Waals surface area contributed by atoms with Crippen LogP contribution in [0, 0.1) is 0 Å². The molecule has 4 amide bonds. The molecule has 316 valence electrons. The number of nitrogens with zero attached hydrogens (tertiary/aromatic N) is 1. The molecule has 1 atom stereocenters. The maximum absolute atomic E-state index is 13.8. The monoisotopic (exact) mass is 860 g/mol. The Morgan fingerprint density at radius 2 is 1.59 bits per heavy atom. The van der Waals surface area contributed by atoms with Gasteiger partial charge in [0, 0.05) is 27.6 Å². The first-order valence-electron chi connectivity index (χ1n) is 19.8. The Bertz CT molecular complexity index is 2390. The molecule has 4 aromatic carbocycles. The third-order valence-electron chi connectivity index (χ3n) is 9.17. The fraction of sp³-hybridized carbons (Fsp3) is 0.255. The Labute approximate surface area is 363 Å². The number of nitrogens with one attached hydrogen (secondary N) is 3. The molecule has 61 heavy (non-hydrogen) atoms. The van der Waals surface area contributed by atoms with E-state index in [0.29, 0.717) is 57.6 Å². The van der Waals surface area contributed by atoms with Crippen LogP contribution in [0.3, 0.4) is 0 Å². The summed E-state index contributed by atoms with van der Waals surface area (Å²) in [4.78, 5) is 69.8. The van der Waals surface area contributed by atoms with E-state index in [1.165, 1.54) is 23.1 Å². The van der Waals surface area contributed by atoms with Crippen LogP contribution in [0.25, 0.3) is 6.08 Å². The minimum atomic E-state index is -0.658. The molecule has 0 saturated heterocycles. The topological polar surface area (TPSA) is 152 Å². The van der Waals surface area contributed by atoms with Crippen molar-refractivity contribution in [3.05, 3.63) is 148 Å². The SMILES string of the molecule is CCOC(=O)c1c(NC(=O)C(C)Sc2cccc(NC(=O)/C(=C\c3ccc(OCc4ccccc4)cc3)NC(=O)c3ccccc3)c2)sc2c1CCN(C(=O)OC(C)(C)C)C2. The molecule has 6 rings (SSSR count). The molecule has 2 heterocycles. The highest BCUT2D eigenvalue weighted by Gasteiger charge is 2.33. The molecule has 1 aliphatic heterocycles. The van der Waals surface area contributed by atoms with Gasteiger partial charge in [-0.05, 0) is 106 Å². The molecule has 1 unspecified atom stereocenters. The number of thiophene rings is 1. The first-order valence-corrected chi connectivity index (χ1v) is 21.5. The van der Waals surface area contributed by atoms with Gasteiger partial charge in [0.2, 0.25) is 5.91 Å². The van der Waals surface area contributed by atoms with Crippen molar-refractivity contribution in [2.75, 3.05) is 23.8 Å². The maximum atomic E-state index is 13.8. The number of carbonyl (C=O) groups is 5. The lowest BCUT2D eigenvalue weighted by atomic mass is 10.0. The van der Waals surface area contributed by atoms with E-state index in [9.17, 15) is 24.0 Å². The third-order valence-corrected chi connectivity index (χ3v) is 11.4. The summed E-state index contributed by atoms with van der Waals surface area (Å²) >= 11 is 2.51. The van der Waals surface area contributed by atoms with Crippen molar-refractivity contribution in [3.8, 4) is 5.75 Å². The zero-order valence-corrected chi connectivity index (χ0v) is 36.2. The highest BCUT2D eigenvalue weighted by molar-refractivity contribution is 8.00. The Hall–Kier alpha value is -6.38. The molecule has 5 aromatic rings. The van der Waals surface area contributed by atoms with Crippen LogP contribution in [0.5, 0.6) is 5.75 Å². The zero-order chi connectivity index (χ0) is 43.5. The number of ether oxygens (including phenoxy) is 3. The Balaban J connectivity index is 1.14. The minimum absolute atomic E-state index is 0.0165. The van der Waals surface area contributed by atoms with Gasteiger partial charge in [-0.15, -0.1) is 23.1 Å². The molecule has 12 nitrogen and oxygen atoms in total. The number of amides is 4. The van der Waals surface area contributed by atoms with Gasteiger partial charge >= 0.3 is 12.1 Å². The van der Waals surface area contributed by atoms with Crippen LogP contribution in [0.4, 0.5) is 15.5 Å².